The van der Waals surface area contributed by atoms with Gasteiger partial charge >= 0.3 is 6.18 Å². The number of hydrogen-bond acceptors (Lipinski definition) is 6. The van der Waals surface area contributed by atoms with E-state index in [1.165, 1.54) is 17.4 Å². The Kier molecular flexibility index (Phi) is 11.6. The van der Waals surface area contributed by atoms with Crippen LogP contribution in [-0.4, -0.2) is 61.1 Å². The maximum atomic E-state index is 13.4. The molecule has 236 valence electrons. The summed E-state index contributed by atoms with van der Waals surface area (Å²) in [5.41, 5.74) is 4.28. The standard InChI is InChI=1S/C32H37ClF3N5O2S/c1-4-41(5-2)16-15-40(3)20-22-9-8-10-23(17-22)29(42)38-31-28(24-11-6-7-12-27(24)44-31)30(43)39-37-19-21-13-14-26(33)25(18-21)32(34,35)36/h8-10,13-14,17-19H,4-7,11-12,15-16,20H2,1-3H3,(H,38,42)(H,39,43)/b37-19-. The van der Waals surface area contributed by atoms with E-state index < -0.39 is 22.7 Å². The highest BCUT2D eigenvalue weighted by molar-refractivity contribution is 7.17. The van der Waals surface area contributed by atoms with Crippen LogP contribution in [0, 0.1) is 0 Å². The summed E-state index contributed by atoms with van der Waals surface area (Å²) >= 11 is 7.08. The number of anilines is 1. The van der Waals surface area contributed by atoms with Gasteiger partial charge in [-0.15, -0.1) is 11.3 Å². The number of benzene rings is 2. The number of fused-ring (bicyclic) bond motifs is 1. The monoisotopic (exact) mass is 647 g/mol. The summed E-state index contributed by atoms with van der Waals surface area (Å²) in [6.45, 7) is 8.87. The van der Waals surface area contributed by atoms with Gasteiger partial charge < -0.3 is 15.1 Å². The molecule has 0 fully saturated rings. The third-order valence-corrected chi connectivity index (χ3v) is 9.17. The highest BCUT2D eigenvalue weighted by Gasteiger charge is 2.33. The first-order valence-corrected chi connectivity index (χ1v) is 15.8. The fourth-order valence-electron chi connectivity index (χ4n) is 5.18. The first-order chi connectivity index (χ1) is 21.0. The van der Waals surface area contributed by atoms with Gasteiger partial charge in [0.05, 0.1) is 22.4 Å². The molecule has 1 aliphatic rings. The fraction of sp³-hybridized carbons (Fsp3) is 0.406. The third kappa shape index (κ3) is 8.68. The van der Waals surface area contributed by atoms with E-state index in [0.717, 1.165) is 79.8 Å². The number of thiophene rings is 1. The summed E-state index contributed by atoms with van der Waals surface area (Å²) in [5.74, 6) is -0.862. The van der Waals surface area contributed by atoms with Crippen LogP contribution >= 0.6 is 22.9 Å². The number of hydrazone groups is 1. The molecule has 4 rings (SSSR count). The maximum absolute atomic E-state index is 13.4. The van der Waals surface area contributed by atoms with Gasteiger partial charge in [-0.25, -0.2) is 5.43 Å². The topological polar surface area (TPSA) is 77.0 Å². The Balaban J connectivity index is 1.48. The van der Waals surface area contributed by atoms with Gasteiger partial charge in [-0.3, -0.25) is 9.59 Å². The number of likely N-dealkylation sites (N-methyl/N-ethyl adjacent to an activating group) is 2. The van der Waals surface area contributed by atoms with Gasteiger partial charge in [-0.2, -0.15) is 18.3 Å². The van der Waals surface area contributed by atoms with E-state index in [-0.39, 0.29) is 11.5 Å². The van der Waals surface area contributed by atoms with Crippen molar-refractivity contribution < 1.29 is 22.8 Å². The second-order valence-electron chi connectivity index (χ2n) is 10.8. The zero-order valence-corrected chi connectivity index (χ0v) is 26.6. The Morgan fingerprint density at radius 3 is 2.52 bits per heavy atom. The van der Waals surface area contributed by atoms with Crippen molar-refractivity contribution in [3.63, 3.8) is 0 Å². The number of halogens is 4. The SMILES string of the molecule is CCN(CC)CCN(C)Cc1cccc(C(=O)Nc2sc3c(c2C(=O)N/N=C\c2ccc(Cl)c(C(F)(F)F)c2)CCCC3)c1. The zero-order valence-electron chi connectivity index (χ0n) is 25.1. The molecule has 2 N–H and O–H groups in total. The Bertz CT molecular complexity index is 1500. The van der Waals surface area contributed by atoms with Crippen molar-refractivity contribution >= 4 is 46.0 Å². The Morgan fingerprint density at radius 2 is 1.80 bits per heavy atom. The van der Waals surface area contributed by atoms with Crippen LogP contribution in [-0.2, 0) is 25.6 Å². The Labute approximate surface area is 265 Å². The highest BCUT2D eigenvalue weighted by atomic mass is 35.5. The van der Waals surface area contributed by atoms with Gasteiger partial charge in [0, 0.05) is 30.1 Å². The summed E-state index contributed by atoms with van der Waals surface area (Å²) in [6, 6.07) is 10.8. The van der Waals surface area contributed by atoms with Crippen molar-refractivity contribution in [2.24, 2.45) is 5.10 Å². The predicted octanol–water partition coefficient (Wildman–Crippen LogP) is 7.09. The fourth-order valence-corrected chi connectivity index (χ4v) is 6.69. The first-order valence-electron chi connectivity index (χ1n) is 14.7. The summed E-state index contributed by atoms with van der Waals surface area (Å²) in [4.78, 5) is 32.3. The van der Waals surface area contributed by atoms with E-state index in [1.54, 1.807) is 6.07 Å². The molecule has 0 spiro atoms. The Hall–Kier alpha value is -3.25. The number of hydrogen-bond donors (Lipinski definition) is 2. The third-order valence-electron chi connectivity index (χ3n) is 7.63. The van der Waals surface area contributed by atoms with Crippen molar-refractivity contribution in [2.45, 2.75) is 52.3 Å². The molecule has 0 unspecified atom stereocenters. The van der Waals surface area contributed by atoms with Crippen LogP contribution in [0.15, 0.2) is 47.6 Å². The second-order valence-corrected chi connectivity index (χ2v) is 12.3. The first kappa shape index (κ1) is 33.6. The van der Waals surface area contributed by atoms with Gasteiger partial charge in [-0.05, 0) is 86.8 Å². The van der Waals surface area contributed by atoms with E-state index in [0.29, 0.717) is 29.1 Å². The lowest BCUT2D eigenvalue weighted by molar-refractivity contribution is -0.137. The molecule has 7 nitrogen and oxygen atoms in total. The smallest absolute Gasteiger partial charge is 0.313 e. The minimum absolute atomic E-state index is 0.126. The molecular formula is C32H37ClF3N5O2S. The molecule has 1 heterocycles. The summed E-state index contributed by atoms with van der Waals surface area (Å²) < 4.78 is 39.7. The number of nitrogens with one attached hydrogen (secondary N) is 2. The average molecular weight is 648 g/mol. The average Bonchev–Trinajstić information content (AvgIpc) is 3.35. The molecule has 44 heavy (non-hydrogen) atoms. The quantitative estimate of drug-likeness (QED) is 0.163. The van der Waals surface area contributed by atoms with Gasteiger partial charge in [0.25, 0.3) is 11.8 Å². The van der Waals surface area contributed by atoms with E-state index >= 15 is 0 Å². The van der Waals surface area contributed by atoms with Crippen molar-refractivity contribution in [1.29, 1.82) is 0 Å². The van der Waals surface area contributed by atoms with Gasteiger partial charge in [0.2, 0.25) is 0 Å². The number of carbonyl (C=O) groups is 2. The van der Waals surface area contributed by atoms with Crippen molar-refractivity contribution in [3.8, 4) is 0 Å². The zero-order chi connectivity index (χ0) is 31.9. The molecule has 0 saturated heterocycles. The molecule has 1 aliphatic carbocycles. The minimum atomic E-state index is -4.62. The molecule has 0 aliphatic heterocycles. The van der Waals surface area contributed by atoms with E-state index in [4.69, 9.17) is 11.6 Å². The van der Waals surface area contributed by atoms with Crippen LogP contribution in [0.1, 0.15) is 74.5 Å². The number of alkyl halides is 3. The molecular weight excluding hydrogens is 611 g/mol. The largest absolute Gasteiger partial charge is 0.417 e. The van der Waals surface area contributed by atoms with Crippen LogP contribution < -0.4 is 10.7 Å². The summed E-state index contributed by atoms with van der Waals surface area (Å²) in [5, 5.41) is 6.86. The lowest BCUT2D eigenvalue weighted by Gasteiger charge is -2.23. The predicted molar refractivity (Wildman–Crippen MR) is 171 cm³/mol. The van der Waals surface area contributed by atoms with Crippen LogP contribution in [0.5, 0.6) is 0 Å². The van der Waals surface area contributed by atoms with Gasteiger partial charge in [0.1, 0.15) is 5.00 Å². The molecule has 0 bridgehead atoms. The molecule has 1 aromatic heterocycles. The molecule has 0 radical (unpaired) electrons. The number of rotatable bonds is 12. The molecule has 2 aromatic carbocycles. The van der Waals surface area contributed by atoms with Crippen LogP contribution in [0.2, 0.25) is 5.02 Å². The van der Waals surface area contributed by atoms with Crippen molar-refractivity contribution in [1.82, 2.24) is 15.2 Å². The van der Waals surface area contributed by atoms with E-state index in [9.17, 15) is 22.8 Å². The van der Waals surface area contributed by atoms with Crippen LogP contribution in [0.4, 0.5) is 18.2 Å². The van der Waals surface area contributed by atoms with E-state index in [2.05, 4.69) is 46.5 Å². The van der Waals surface area contributed by atoms with E-state index in [1.807, 2.05) is 18.2 Å². The normalized spacial score (nSPS) is 13.5. The van der Waals surface area contributed by atoms with Crippen molar-refractivity contribution in [3.05, 3.63) is 85.7 Å². The number of amides is 2. The number of carbonyl (C=O) groups excluding carboxylic acids is 2. The number of aryl methyl sites for hydroxylation is 1. The maximum Gasteiger partial charge on any atom is 0.417 e. The number of nitrogens with zero attached hydrogens (tertiary/aromatic N) is 3. The molecule has 2 amide bonds. The highest BCUT2D eigenvalue weighted by Crippen LogP contribution is 2.38. The van der Waals surface area contributed by atoms with Crippen LogP contribution in [0.3, 0.4) is 0 Å². The summed E-state index contributed by atoms with van der Waals surface area (Å²) in [7, 11) is 2.06. The van der Waals surface area contributed by atoms with Gasteiger partial charge in [0.15, 0.2) is 0 Å². The molecule has 3 aromatic rings. The lowest BCUT2D eigenvalue weighted by atomic mass is 9.95. The molecule has 12 heteroatoms. The van der Waals surface area contributed by atoms with Gasteiger partial charge in [-0.1, -0.05) is 43.6 Å². The Morgan fingerprint density at radius 1 is 1.05 bits per heavy atom. The molecule has 0 atom stereocenters. The minimum Gasteiger partial charge on any atom is -0.313 e. The lowest BCUT2D eigenvalue weighted by Crippen LogP contribution is -2.32. The van der Waals surface area contributed by atoms with Crippen molar-refractivity contribution in [2.75, 3.05) is 38.5 Å². The molecule has 0 saturated carbocycles. The second kappa shape index (κ2) is 15.2. The summed E-state index contributed by atoms with van der Waals surface area (Å²) in [6.07, 6.45) is -0.0916. The van der Waals surface area contributed by atoms with Crippen LogP contribution in [0.25, 0.3) is 0 Å².